The number of nitrogens with zero attached hydrogens (tertiary/aromatic N) is 2. The predicted molar refractivity (Wildman–Crippen MR) is 157 cm³/mol. The summed E-state index contributed by atoms with van der Waals surface area (Å²) in [5, 5.41) is 3.09. The Morgan fingerprint density at radius 3 is 2.42 bits per heavy atom. The summed E-state index contributed by atoms with van der Waals surface area (Å²) in [6.45, 7) is 7.04. The second-order valence-corrected chi connectivity index (χ2v) is 9.41. The highest BCUT2D eigenvalue weighted by Crippen LogP contribution is 2.30. The number of carbonyl (C=O) groups excluding carboxylic acids is 1. The first kappa shape index (κ1) is 28.5. The van der Waals surface area contributed by atoms with Gasteiger partial charge in [0, 0.05) is 12.1 Å². The molecule has 1 amide bonds. The van der Waals surface area contributed by atoms with Crippen molar-refractivity contribution in [2.45, 2.75) is 38.8 Å². The first-order chi connectivity index (χ1) is 19.5. The van der Waals surface area contributed by atoms with E-state index in [2.05, 4.69) is 22.5 Å². The smallest absolute Gasteiger partial charge is 0.251 e. The Bertz CT molecular complexity index is 1460. The number of imidazole rings is 1. The van der Waals surface area contributed by atoms with E-state index < -0.39 is 0 Å². The Balaban J connectivity index is 1.42. The third-order valence-electron chi connectivity index (χ3n) is 6.71. The number of aryl methyl sites for hydroxylation is 1. The van der Waals surface area contributed by atoms with Gasteiger partial charge in [0.2, 0.25) is 0 Å². The van der Waals surface area contributed by atoms with Gasteiger partial charge in [0.15, 0.2) is 23.0 Å². The Labute approximate surface area is 235 Å². The second kappa shape index (κ2) is 13.6. The van der Waals surface area contributed by atoms with Crippen LogP contribution in [-0.2, 0) is 13.0 Å². The molecule has 8 nitrogen and oxygen atoms in total. The summed E-state index contributed by atoms with van der Waals surface area (Å²) in [6.07, 6.45) is 4.37. The molecule has 1 unspecified atom stereocenters. The summed E-state index contributed by atoms with van der Waals surface area (Å²) in [7, 11) is 4.76. The van der Waals surface area contributed by atoms with Crippen LogP contribution >= 0.6 is 0 Å². The molecule has 210 valence electrons. The molecule has 1 heterocycles. The first-order valence-corrected chi connectivity index (χ1v) is 13.4. The number of unbranched alkanes of at least 4 members (excludes halogenated alkanes) is 1. The number of methoxy groups -OCH3 is 3. The molecule has 0 fully saturated rings. The molecule has 0 aliphatic rings. The van der Waals surface area contributed by atoms with Crippen LogP contribution in [0.3, 0.4) is 0 Å². The number of amides is 1. The maximum atomic E-state index is 13.1. The van der Waals surface area contributed by atoms with Crippen LogP contribution in [0.15, 0.2) is 73.3 Å². The molecule has 0 radical (unpaired) electrons. The number of aromatic nitrogens is 2. The molecule has 4 rings (SSSR count). The SMILES string of the molecule is C=CCc1ccc(OCCCCn2c(C(C)NC(=O)c3ccc(OC)c(OC)c3)nc3ccccc32)c(OC)c1. The molecule has 8 heteroatoms. The van der Waals surface area contributed by atoms with Gasteiger partial charge in [-0.3, -0.25) is 4.79 Å². The fourth-order valence-electron chi connectivity index (χ4n) is 4.66. The van der Waals surface area contributed by atoms with Gasteiger partial charge in [0.05, 0.1) is 45.0 Å². The van der Waals surface area contributed by atoms with Crippen molar-refractivity contribution >= 4 is 16.9 Å². The molecule has 0 bridgehead atoms. The number of fused-ring (bicyclic) bond motifs is 1. The molecule has 0 saturated heterocycles. The lowest BCUT2D eigenvalue weighted by Gasteiger charge is -2.17. The van der Waals surface area contributed by atoms with Crippen LogP contribution in [0.2, 0.25) is 0 Å². The fraction of sp³-hybridized carbons (Fsp3) is 0.312. The number of nitrogens with one attached hydrogen (secondary N) is 1. The van der Waals surface area contributed by atoms with E-state index in [0.29, 0.717) is 23.7 Å². The van der Waals surface area contributed by atoms with Gasteiger partial charge in [0.25, 0.3) is 5.91 Å². The van der Waals surface area contributed by atoms with Crippen molar-refractivity contribution in [1.82, 2.24) is 14.9 Å². The topological polar surface area (TPSA) is 83.8 Å². The minimum Gasteiger partial charge on any atom is -0.493 e. The van der Waals surface area contributed by atoms with Crippen molar-refractivity contribution in [1.29, 1.82) is 0 Å². The van der Waals surface area contributed by atoms with Crippen molar-refractivity contribution in [3.8, 4) is 23.0 Å². The van der Waals surface area contributed by atoms with Gasteiger partial charge in [0.1, 0.15) is 5.82 Å². The summed E-state index contributed by atoms with van der Waals surface area (Å²) in [6, 6.07) is 18.8. The Morgan fingerprint density at radius 1 is 0.950 bits per heavy atom. The number of hydrogen-bond donors (Lipinski definition) is 1. The summed E-state index contributed by atoms with van der Waals surface area (Å²) >= 11 is 0. The number of para-hydroxylation sites is 2. The van der Waals surface area contributed by atoms with Crippen LogP contribution in [0.25, 0.3) is 11.0 Å². The largest absolute Gasteiger partial charge is 0.493 e. The Hall–Kier alpha value is -4.46. The molecule has 0 aliphatic carbocycles. The third kappa shape index (κ3) is 6.57. The molecule has 40 heavy (non-hydrogen) atoms. The summed E-state index contributed by atoms with van der Waals surface area (Å²) in [4.78, 5) is 18.0. The lowest BCUT2D eigenvalue weighted by Crippen LogP contribution is -2.28. The van der Waals surface area contributed by atoms with E-state index in [1.165, 1.54) is 0 Å². The molecule has 1 atom stereocenters. The third-order valence-corrected chi connectivity index (χ3v) is 6.71. The van der Waals surface area contributed by atoms with Crippen molar-refractivity contribution in [3.05, 3.63) is 90.3 Å². The fourth-order valence-corrected chi connectivity index (χ4v) is 4.66. The highest BCUT2D eigenvalue weighted by atomic mass is 16.5. The highest BCUT2D eigenvalue weighted by Gasteiger charge is 2.20. The number of rotatable bonds is 14. The summed E-state index contributed by atoms with van der Waals surface area (Å²) in [5.41, 5.74) is 3.54. The van der Waals surface area contributed by atoms with Crippen molar-refractivity contribution in [2.24, 2.45) is 0 Å². The Morgan fingerprint density at radius 2 is 1.68 bits per heavy atom. The zero-order valence-corrected chi connectivity index (χ0v) is 23.6. The zero-order valence-electron chi connectivity index (χ0n) is 23.6. The van der Waals surface area contributed by atoms with Crippen LogP contribution in [0, 0.1) is 0 Å². The maximum absolute atomic E-state index is 13.1. The van der Waals surface area contributed by atoms with Gasteiger partial charge in [-0.25, -0.2) is 4.98 Å². The highest BCUT2D eigenvalue weighted by molar-refractivity contribution is 5.95. The van der Waals surface area contributed by atoms with E-state index in [0.717, 1.165) is 59.7 Å². The lowest BCUT2D eigenvalue weighted by molar-refractivity contribution is 0.0937. The average molecular weight is 544 g/mol. The van der Waals surface area contributed by atoms with Crippen molar-refractivity contribution in [2.75, 3.05) is 27.9 Å². The van der Waals surface area contributed by atoms with Gasteiger partial charge < -0.3 is 28.8 Å². The van der Waals surface area contributed by atoms with Crippen LogP contribution < -0.4 is 24.3 Å². The monoisotopic (exact) mass is 543 g/mol. The average Bonchev–Trinajstić information content (AvgIpc) is 3.35. The number of benzene rings is 3. The standard InChI is InChI=1S/C32H37N3O5/c1-6-11-23-14-16-28(29(20-23)38-4)40-19-10-9-18-35-26-13-8-7-12-25(26)34-31(35)22(2)33-32(36)24-15-17-27(37-3)30(21-24)39-5/h6-8,12-17,20-22H,1,9-11,18-19H2,2-5H3,(H,33,36). The van der Waals surface area contributed by atoms with Crippen molar-refractivity contribution < 1.29 is 23.7 Å². The molecule has 0 aliphatic heterocycles. The van der Waals surface area contributed by atoms with Crippen LogP contribution in [0.4, 0.5) is 0 Å². The molecule has 3 aromatic carbocycles. The lowest BCUT2D eigenvalue weighted by atomic mass is 10.1. The second-order valence-electron chi connectivity index (χ2n) is 9.41. The summed E-state index contributed by atoms with van der Waals surface area (Å²) in [5.74, 6) is 3.12. The van der Waals surface area contributed by atoms with Gasteiger partial charge in [-0.1, -0.05) is 24.3 Å². The van der Waals surface area contributed by atoms with Crippen LogP contribution in [0.5, 0.6) is 23.0 Å². The molecule has 0 spiro atoms. The minimum absolute atomic E-state index is 0.214. The normalized spacial score (nSPS) is 11.6. The number of allylic oxidation sites excluding steroid dienone is 1. The van der Waals surface area contributed by atoms with E-state index in [9.17, 15) is 4.79 Å². The number of ether oxygens (including phenoxy) is 4. The van der Waals surface area contributed by atoms with Crippen LogP contribution in [0.1, 0.15) is 47.6 Å². The van der Waals surface area contributed by atoms with Gasteiger partial charge in [-0.2, -0.15) is 0 Å². The van der Waals surface area contributed by atoms with E-state index in [1.54, 1.807) is 39.5 Å². The molecule has 0 saturated carbocycles. The van der Waals surface area contributed by atoms with Gasteiger partial charge in [-0.05, 0) is 74.2 Å². The quantitative estimate of drug-likeness (QED) is 0.152. The molecular weight excluding hydrogens is 506 g/mol. The number of carbonyl (C=O) groups is 1. The van der Waals surface area contributed by atoms with E-state index in [-0.39, 0.29) is 11.9 Å². The zero-order chi connectivity index (χ0) is 28.5. The van der Waals surface area contributed by atoms with Crippen molar-refractivity contribution in [3.63, 3.8) is 0 Å². The Kier molecular flexibility index (Phi) is 9.67. The number of hydrogen-bond acceptors (Lipinski definition) is 6. The first-order valence-electron chi connectivity index (χ1n) is 13.4. The molecule has 1 N–H and O–H groups in total. The van der Waals surface area contributed by atoms with E-state index in [4.69, 9.17) is 23.9 Å². The minimum atomic E-state index is -0.317. The maximum Gasteiger partial charge on any atom is 0.251 e. The van der Waals surface area contributed by atoms with Crippen LogP contribution in [-0.4, -0.2) is 43.4 Å². The predicted octanol–water partition coefficient (Wildman–Crippen LogP) is 6.14. The molecule has 4 aromatic rings. The van der Waals surface area contributed by atoms with Gasteiger partial charge >= 0.3 is 0 Å². The van der Waals surface area contributed by atoms with Gasteiger partial charge in [-0.15, -0.1) is 6.58 Å². The van der Waals surface area contributed by atoms with E-state index in [1.807, 2.05) is 49.4 Å². The summed E-state index contributed by atoms with van der Waals surface area (Å²) < 4.78 is 24.4. The molecule has 1 aromatic heterocycles. The van der Waals surface area contributed by atoms with E-state index >= 15 is 0 Å². The molecular formula is C32H37N3O5.